The highest BCUT2D eigenvalue weighted by Crippen LogP contribution is 2.23. The van der Waals surface area contributed by atoms with E-state index in [0.717, 1.165) is 0 Å². The molecule has 0 amide bonds. The van der Waals surface area contributed by atoms with Crippen LogP contribution in [-0.4, -0.2) is 25.1 Å². The van der Waals surface area contributed by atoms with E-state index in [2.05, 4.69) is 62.4 Å². The maximum absolute atomic E-state index is 3.78. The molecule has 0 saturated heterocycles. The average molecular weight is 736 g/mol. The fourth-order valence-electron chi connectivity index (χ4n) is 2.32. The maximum atomic E-state index is 3.78. The van der Waals surface area contributed by atoms with Gasteiger partial charge in [-0.1, -0.05) is 185 Å². The molecule has 52 heavy (non-hydrogen) atoms. The highest BCUT2D eigenvalue weighted by atomic mass is 32.1. The quantitative estimate of drug-likeness (QED) is 0.155. The average Bonchev–Trinajstić information content (AvgIpc) is 3.70. The molecule has 0 radical (unpaired) electrons. The van der Waals surface area contributed by atoms with Gasteiger partial charge in [-0.05, 0) is 54.8 Å². The predicted octanol–water partition coefficient (Wildman–Crippen LogP) is 16.2. The Bertz CT molecular complexity index is 940. The van der Waals surface area contributed by atoms with Crippen LogP contribution in [0.4, 0.5) is 0 Å². The normalized spacial score (nSPS) is 6.75. The molecule has 0 bridgehead atoms. The molecule has 0 fully saturated rings. The summed E-state index contributed by atoms with van der Waals surface area (Å²) >= 11 is 1.85. The van der Waals surface area contributed by atoms with Crippen molar-refractivity contribution in [1.82, 2.24) is 25.1 Å². The summed E-state index contributed by atoms with van der Waals surface area (Å²) in [7, 11) is 0. The molecule has 296 valence electrons. The first-order valence-corrected chi connectivity index (χ1v) is 20.4. The number of rotatable bonds is 0. The summed E-state index contributed by atoms with van der Waals surface area (Å²) in [4.78, 5) is 12.5. The molecule has 0 N–H and O–H groups in total. The van der Waals surface area contributed by atoms with Crippen molar-refractivity contribution in [2.45, 2.75) is 132 Å². The highest BCUT2D eigenvalue weighted by Gasteiger charge is 1.93. The van der Waals surface area contributed by atoms with E-state index in [4.69, 9.17) is 0 Å². The van der Waals surface area contributed by atoms with Crippen molar-refractivity contribution in [3.63, 3.8) is 0 Å². The van der Waals surface area contributed by atoms with Crippen molar-refractivity contribution in [3.05, 3.63) is 152 Å². The van der Waals surface area contributed by atoms with Gasteiger partial charge in [0.05, 0.1) is 0 Å². The molecule has 5 nitrogen and oxygen atoms in total. The number of nitrogens with zero attached hydrogens (tertiary/aromatic N) is 5. The van der Waals surface area contributed by atoms with Gasteiger partial charge in [0.2, 0.25) is 0 Å². The van der Waals surface area contributed by atoms with Crippen molar-refractivity contribution in [1.29, 1.82) is 0 Å². The third kappa shape index (κ3) is 61.0. The van der Waals surface area contributed by atoms with Gasteiger partial charge in [-0.3, -0.25) is 4.98 Å². The Kier molecular flexibility index (Phi) is 103. The molecule has 4 aromatic heterocycles. The summed E-state index contributed by atoms with van der Waals surface area (Å²) in [5.74, 6) is 0. The van der Waals surface area contributed by atoms with E-state index in [0.29, 0.717) is 0 Å². The predicted molar refractivity (Wildman–Crippen MR) is 243 cm³/mol. The third-order valence-corrected chi connectivity index (χ3v) is 4.77. The number of benzene rings is 2. The van der Waals surface area contributed by atoms with Crippen LogP contribution in [0.15, 0.2) is 147 Å². The Morgan fingerprint density at radius 2 is 0.673 bits per heavy atom. The topological polar surface area (TPSA) is 64.5 Å². The van der Waals surface area contributed by atoms with Crippen LogP contribution in [0.1, 0.15) is 130 Å². The monoisotopic (exact) mass is 736 g/mol. The van der Waals surface area contributed by atoms with Crippen molar-refractivity contribution >= 4 is 21.4 Å². The molecule has 2 aromatic carbocycles. The van der Waals surface area contributed by atoms with E-state index in [-0.39, 0.29) is 0 Å². The van der Waals surface area contributed by atoms with E-state index in [1.165, 1.54) is 21.3 Å². The van der Waals surface area contributed by atoms with Crippen LogP contribution in [0.25, 0.3) is 10.1 Å². The van der Waals surface area contributed by atoms with E-state index < -0.39 is 0 Å². The number of fused-ring (bicyclic) bond motifs is 1. The molecule has 0 atom stereocenters. The number of thiophene rings is 1. The van der Waals surface area contributed by atoms with Gasteiger partial charge >= 0.3 is 0 Å². The molecule has 4 heterocycles. The minimum absolute atomic E-state index is 1.37. The standard InChI is InChI=1S/C9H8S.C6H6.C5H5N.2C4H4N2.9C2H6/c1-7-6-8-4-2-3-5-9(8)10-7;2*1-2-4-6-5-3-1;1-2-5-4-6-3-1;1-2-4-6-5-3-1;9*1-2/h2-6H,1H3;1-6H;1-5H;2*1-4H;9*1-2H3. The number of hydrogen-bond acceptors (Lipinski definition) is 6. The number of aryl methyl sites for hydroxylation is 1. The summed E-state index contributed by atoms with van der Waals surface area (Å²) < 4.78 is 1.39. The Balaban J connectivity index is -0.0000000707. The van der Waals surface area contributed by atoms with Gasteiger partial charge in [0.15, 0.2) is 0 Å². The number of hydrogen-bond donors (Lipinski definition) is 0. The lowest BCUT2D eigenvalue weighted by atomic mass is 10.2. The molecular weight excluding hydrogens is 655 g/mol. The summed E-state index contributed by atoms with van der Waals surface area (Å²) in [5, 5.41) is 8.44. The number of pyridine rings is 1. The zero-order valence-corrected chi connectivity index (χ0v) is 37.8. The Hall–Kier alpha value is -4.29. The molecule has 0 aliphatic carbocycles. The molecule has 0 aliphatic rings. The van der Waals surface area contributed by atoms with E-state index in [9.17, 15) is 0 Å². The summed E-state index contributed by atoms with van der Waals surface area (Å²) in [5.41, 5.74) is 0. The minimum atomic E-state index is 1.37. The van der Waals surface area contributed by atoms with Crippen LogP contribution >= 0.6 is 11.3 Å². The molecule has 0 aliphatic heterocycles. The fourth-order valence-corrected chi connectivity index (χ4v) is 3.24. The van der Waals surface area contributed by atoms with E-state index >= 15 is 0 Å². The third-order valence-electron chi connectivity index (χ3n) is 3.74. The van der Waals surface area contributed by atoms with Gasteiger partial charge in [-0.15, -0.1) is 11.3 Å². The number of aromatic nitrogens is 5. The SMILES string of the molecule is CC.CC.CC.CC.CC.CC.CC.CC.CC.Cc1cc2ccccc2s1.c1ccccc1.c1ccncc1.c1ccnnc1.c1cncnc1. The largest absolute Gasteiger partial charge is 0.265 e. The van der Waals surface area contributed by atoms with E-state index in [1.54, 1.807) is 43.2 Å². The second-order valence-electron chi connectivity index (χ2n) is 6.39. The smallest absolute Gasteiger partial charge is 0.115 e. The van der Waals surface area contributed by atoms with Gasteiger partial charge < -0.3 is 0 Å². The zero-order chi connectivity index (χ0) is 41.9. The van der Waals surface area contributed by atoms with Crippen LogP contribution in [0.3, 0.4) is 0 Å². The van der Waals surface area contributed by atoms with Crippen LogP contribution < -0.4 is 0 Å². The maximum Gasteiger partial charge on any atom is 0.115 e. The molecule has 6 aromatic rings. The lowest BCUT2D eigenvalue weighted by Crippen LogP contribution is -1.69. The zero-order valence-electron chi connectivity index (χ0n) is 37.0. The van der Waals surface area contributed by atoms with Crippen molar-refractivity contribution in [3.8, 4) is 0 Å². The molecular formula is C46H81N5S. The van der Waals surface area contributed by atoms with Crippen LogP contribution in [0.2, 0.25) is 0 Å². The first kappa shape index (κ1) is 66.0. The second kappa shape index (κ2) is 81.0. The summed E-state index contributed by atoms with van der Waals surface area (Å²) in [6, 6.07) is 33.8. The first-order chi connectivity index (χ1) is 25.9. The second-order valence-corrected chi connectivity index (χ2v) is 7.68. The van der Waals surface area contributed by atoms with Gasteiger partial charge in [0.1, 0.15) is 6.33 Å². The molecule has 6 rings (SSSR count). The summed E-state index contributed by atoms with van der Waals surface area (Å²) in [6.45, 7) is 38.1. The van der Waals surface area contributed by atoms with Crippen molar-refractivity contribution in [2.24, 2.45) is 0 Å². The van der Waals surface area contributed by atoms with Crippen LogP contribution in [0.5, 0.6) is 0 Å². The van der Waals surface area contributed by atoms with Crippen LogP contribution in [0, 0.1) is 6.92 Å². The Labute approximate surface area is 328 Å². The Morgan fingerprint density at radius 1 is 0.346 bits per heavy atom. The lowest BCUT2D eigenvalue weighted by Gasteiger charge is -1.82. The Morgan fingerprint density at radius 3 is 0.904 bits per heavy atom. The lowest BCUT2D eigenvalue weighted by molar-refractivity contribution is 1.03. The first-order valence-electron chi connectivity index (χ1n) is 19.6. The van der Waals surface area contributed by atoms with Crippen molar-refractivity contribution in [2.75, 3.05) is 0 Å². The molecule has 0 unspecified atom stereocenters. The van der Waals surface area contributed by atoms with Gasteiger partial charge in [-0.2, -0.15) is 10.2 Å². The molecule has 0 spiro atoms. The van der Waals surface area contributed by atoms with Gasteiger partial charge in [-0.25, -0.2) is 9.97 Å². The molecule has 6 heteroatoms. The van der Waals surface area contributed by atoms with Gasteiger partial charge in [0.25, 0.3) is 0 Å². The minimum Gasteiger partial charge on any atom is -0.265 e. The van der Waals surface area contributed by atoms with Crippen LogP contribution in [-0.2, 0) is 0 Å². The highest BCUT2D eigenvalue weighted by molar-refractivity contribution is 7.19. The molecule has 0 saturated carbocycles. The van der Waals surface area contributed by atoms with Gasteiger partial charge in [0, 0.05) is 46.8 Å². The van der Waals surface area contributed by atoms with Crippen molar-refractivity contribution < 1.29 is 0 Å². The fraction of sp³-hybridized carbons (Fsp3) is 0.413. The van der Waals surface area contributed by atoms with E-state index in [1.807, 2.05) is 203 Å². The summed E-state index contributed by atoms with van der Waals surface area (Å²) in [6.07, 6.45) is 11.7.